The number of likely N-dealkylation sites (tertiary alicyclic amines) is 1. The van der Waals surface area contributed by atoms with Gasteiger partial charge in [0.25, 0.3) is 0 Å². The predicted octanol–water partition coefficient (Wildman–Crippen LogP) is 5.29. The van der Waals surface area contributed by atoms with Crippen LogP contribution in [0.15, 0.2) is 29.3 Å². The van der Waals surface area contributed by atoms with Gasteiger partial charge in [-0.05, 0) is 43.9 Å². The molecule has 13 heteroatoms. The SMILES string of the molecule is CCc1nc(N2CC3CC2CN3CCO)ccc1Nc1ncc(C(F)(F)F)c(-c2cc3c(s2)C2(CC2)OCCS3)n1. The number of nitrogens with one attached hydrogen (secondary N) is 1. The Hall–Kier alpha value is -2.45. The van der Waals surface area contributed by atoms with E-state index in [0.717, 1.165) is 65.6 Å². The number of nitrogens with zero attached hydrogens (tertiary/aromatic N) is 5. The quantitative estimate of drug-likeness (QED) is 0.374. The molecule has 1 saturated carbocycles. The number of aromatic nitrogens is 3. The molecule has 218 valence electrons. The monoisotopic (exact) mass is 604 g/mol. The highest BCUT2D eigenvalue weighted by atomic mass is 32.2. The van der Waals surface area contributed by atoms with Gasteiger partial charge in [-0.1, -0.05) is 6.92 Å². The summed E-state index contributed by atoms with van der Waals surface area (Å²) in [4.78, 5) is 20.5. The lowest BCUT2D eigenvalue weighted by Gasteiger charge is -2.34. The number of β-amino-alcohol motifs (C(OH)–C–C–N with tert-alkyl or cyclic N) is 1. The van der Waals surface area contributed by atoms with Crippen LogP contribution in [-0.2, 0) is 22.9 Å². The van der Waals surface area contributed by atoms with Crippen molar-refractivity contribution < 1.29 is 23.0 Å². The molecule has 1 aliphatic carbocycles. The number of thioether (sulfide) groups is 1. The van der Waals surface area contributed by atoms with E-state index in [-0.39, 0.29) is 23.9 Å². The van der Waals surface area contributed by atoms with Crippen LogP contribution in [0, 0.1) is 0 Å². The summed E-state index contributed by atoms with van der Waals surface area (Å²) < 4.78 is 48.4. The lowest BCUT2D eigenvalue weighted by molar-refractivity contribution is -0.137. The minimum atomic E-state index is -4.59. The van der Waals surface area contributed by atoms with Gasteiger partial charge in [-0.3, -0.25) is 4.90 Å². The number of ether oxygens (including phenoxy) is 1. The second kappa shape index (κ2) is 10.4. The maximum atomic E-state index is 14.1. The number of thiophene rings is 1. The molecule has 0 amide bonds. The van der Waals surface area contributed by atoms with E-state index < -0.39 is 11.7 Å². The summed E-state index contributed by atoms with van der Waals surface area (Å²) in [5, 5.41) is 12.5. The number of piperazine rings is 1. The molecule has 2 unspecified atom stereocenters. The zero-order valence-corrected chi connectivity index (χ0v) is 24.2. The maximum Gasteiger partial charge on any atom is 0.420 e. The number of hydrogen-bond donors (Lipinski definition) is 2. The third kappa shape index (κ3) is 4.99. The Labute approximate surface area is 244 Å². The van der Waals surface area contributed by atoms with Gasteiger partial charge in [0.15, 0.2) is 0 Å². The van der Waals surface area contributed by atoms with Crippen LogP contribution in [-0.4, -0.2) is 75.6 Å². The highest BCUT2D eigenvalue weighted by Crippen LogP contribution is 2.57. The summed E-state index contributed by atoms with van der Waals surface area (Å²) in [6, 6.07) is 6.48. The van der Waals surface area contributed by atoms with E-state index in [1.165, 1.54) is 11.3 Å². The van der Waals surface area contributed by atoms with E-state index in [2.05, 4.69) is 25.1 Å². The molecule has 2 saturated heterocycles. The molecule has 41 heavy (non-hydrogen) atoms. The predicted molar refractivity (Wildman–Crippen MR) is 153 cm³/mol. The number of anilines is 3. The summed E-state index contributed by atoms with van der Waals surface area (Å²) in [6.07, 6.45) is -0.228. The highest BCUT2D eigenvalue weighted by Gasteiger charge is 2.50. The fraction of sp³-hybridized carbons (Fsp3) is 0.536. The van der Waals surface area contributed by atoms with Gasteiger partial charge < -0.3 is 20.1 Å². The first kappa shape index (κ1) is 27.4. The summed E-state index contributed by atoms with van der Waals surface area (Å²) in [7, 11) is 0. The summed E-state index contributed by atoms with van der Waals surface area (Å²) >= 11 is 2.98. The van der Waals surface area contributed by atoms with Crippen molar-refractivity contribution in [3.63, 3.8) is 0 Å². The van der Waals surface area contributed by atoms with Crippen LogP contribution in [0.3, 0.4) is 0 Å². The van der Waals surface area contributed by atoms with Crippen LogP contribution in [0.2, 0.25) is 0 Å². The zero-order chi connectivity index (χ0) is 28.4. The maximum absolute atomic E-state index is 14.1. The molecule has 1 spiro atoms. The van der Waals surface area contributed by atoms with Crippen molar-refractivity contribution in [2.75, 3.05) is 48.8 Å². The molecular weight excluding hydrogens is 573 g/mol. The molecule has 3 aromatic heterocycles. The highest BCUT2D eigenvalue weighted by molar-refractivity contribution is 7.99. The van der Waals surface area contributed by atoms with Crippen molar-refractivity contribution in [3.8, 4) is 10.6 Å². The normalized spacial score (nSPS) is 23.2. The molecule has 6 heterocycles. The number of aliphatic hydroxyl groups is 1. The fourth-order valence-corrected chi connectivity index (χ4v) is 8.82. The van der Waals surface area contributed by atoms with Crippen LogP contribution in [0.5, 0.6) is 0 Å². The van der Waals surface area contributed by atoms with E-state index >= 15 is 0 Å². The molecule has 2 N–H and O–H groups in total. The fourth-order valence-electron chi connectivity index (χ4n) is 6.28. The average Bonchev–Trinajstić information content (AvgIpc) is 3.28. The number of fused-ring (bicyclic) bond motifs is 4. The molecule has 2 bridgehead atoms. The number of alkyl halides is 3. The number of hydrogen-bond acceptors (Lipinski definition) is 10. The molecule has 7 rings (SSSR count). The Morgan fingerprint density at radius 1 is 1.20 bits per heavy atom. The summed E-state index contributed by atoms with van der Waals surface area (Å²) in [5.41, 5.74) is 0.168. The summed E-state index contributed by atoms with van der Waals surface area (Å²) in [6.45, 7) is 5.29. The molecule has 0 radical (unpaired) electrons. The van der Waals surface area contributed by atoms with Crippen LogP contribution < -0.4 is 10.2 Å². The molecule has 3 fully saturated rings. The number of aliphatic hydroxyl groups excluding tert-OH is 1. The van der Waals surface area contributed by atoms with Gasteiger partial charge in [-0.2, -0.15) is 13.2 Å². The second-order valence-electron chi connectivity index (χ2n) is 11.0. The molecular formula is C28H31F3N6O2S2. The van der Waals surface area contributed by atoms with Gasteiger partial charge in [-0.25, -0.2) is 15.0 Å². The van der Waals surface area contributed by atoms with Crippen molar-refractivity contribution in [2.45, 2.75) is 61.4 Å². The number of pyridine rings is 1. The van der Waals surface area contributed by atoms with Crippen molar-refractivity contribution >= 4 is 40.6 Å². The Morgan fingerprint density at radius 2 is 2.05 bits per heavy atom. The van der Waals surface area contributed by atoms with Crippen LogP contribution >= 0.6 is 23.1 Å². The minimum Gasteiger partial charge on any atom is -0.395 e. The van der Waals surface area contributed by atoms with E-state index in [1.54, 1.807) is 11.8 Å². The van der Waals surface area contributed by atoms with Gasteiger partial charge in [0.05, 0.1) is 40.0 Å². The number of aryl methyl sites for hydroxylation is 1. The van der Waals surface area contributed by atoms with Gasteiger partial charge in [-0.15, -0.1) is 23.1 Å². The zero-order valence-electron chi connectivity index (χ0n) is 22.6. The largest absolute Gasteiger partial charge is 0.420 e. The number of halogens is 3. The third-order valence-corrected chi connectivity index (χ3v) is 10.9. The van der Waals surface area contributed by atoms with Crippen LogP contribution in [0.25, 0.3) is 10.6 Å². The molecule has 2 atom stereocenters. The standard InChI is InChI=1S/C28H31F3N6O2S2/c1-2-19-20(3-4-23(33-19)37-15-16-11-17(37)14-36(16)7-8-38)34-26-32-13-18(28(29,30)31)24(35-26)21-12-22-25(41-21)27(5-6-27)39-9-10-40-22/h3-4,12-13,16-17,38H,2,5-11,14-15H2,1H3,(H,32,34,35). The molecule has 0 aromatic carbocycles. The van der Waals surface area contributed by atoms with E-state index in [9.17, 15) is 18.3 Å². The van der Waals surface area contributed by atoms with Gasteiger partial charge in [0.2, 0.25) is 5.95 Å². The van der Waals surface area contributed by atoms with Gasteiger partial charge in [0.1, 0.15) is 17.0 Å². The molecule has 8 nitrogen and oxygen atoms in total. The van der Waals surface area contributed by atoms with Crippen molar-refractivity contribution in [1.29, 1.82) is 0 Å². The molecule has 4 aliphatic rings. The Kier molecular flexibility index (Phi) is 6.93. The van der Waals surface area contributed by atoms with E-state index in [4.69, 9.17) is 9.72 Å². The third-order valence-electron chi connectivity index (χ3n) is 8.44. The Balaban J connectivity index is 1.17. The molecule has 3 aliphatic heterocycles. The minimum absolute atomic E-state index is 0.103. The lowest BCUT2D eigenvalue weighted by atomic mass is 10.2. The Morgan fingerprint density at radius 3 is 2.76 bits per heavy atom. The summed E-state index contributed by atoms with van der Waals surface area (Å²) in [5.74, 6) is 1.77. The number of rotatable bonds is 7. The van der Waals surface area contributed by atoms with Crippen molar-refractivity contribution in [3.05, 3.63) is 40.5 Å². The van der Waals surface area contributed by atoms with Crippen molar-refractivity contribution in [1.82, 2.24) is 19.9 Å². The Bertz CT molecular complexity index is 1460. The lowest BCUT2D eigenvalue weighted by Crippen LogP contribution is -2.47. The van der Waals surface area contributed by atoms with Crippen molar-refractivity contribution in [2.24, 2.45) is 0 Å². The molecule has 3 aromatic rings. The second-order valence-corrected chi connectivity index (χ2v) is 13.2. The first-order chi connectivity index (χ1) is 19.8. The first-order valence-corrected chi connectivity index (χ1v) is 15.8. The van der Waals surface area contributed by atoms with Crippen LogP contribution in [0.1, 0.15) is 42.3 Å². The average molecular weight is 605 g/mol. The van der Waals surface area contributed by atoms with E-state index in [1.807, 2.05) is 25.1 Å². The van der Waals surface area contributed by atoms with Gasteiger partial charge >= 0.3 is 6.18 Å². The first-order valence-electron chi connectivity index (χ1n) is 14.0. The topological polar surface area (TPSA) is 86.6 Å². The van der Waals surface area contributed by atoms with E-state index in [0.29, 0.717) is 42.2 Å². The van der Waals surface area contributed by atoms with Gasteiger partial charge in [0, 0.05) is 48.6 Å². The van der Waals surface area contributed by atoms with Crippen LogP contribution in [0.4, 0.5) is 30.6 Å². The smallest absolute Gasteiger partial charge is 0.395 e.